The Bertz CT molecular complexity index is 729. The zero-order valence-corrected chi connectivity index (χ0v) is 15.0. The van der Waals surface area contributed by atoms with E-state index in [0.717, 1.165) is 32.4 Å². The SMILES string of the molecule is CCN1C[C@@]2(CCCN(C(=O)Cn3nc(C)ccc3=O)C2)CCC1=O. The molecule has 2 aliphatic heterocycles. The molecule has 0 aromatic carbocycles. The highest BCUT2D eigenvalue weighted by Gasteiger charge is 2.42. The third kappa shape index (κ3) is 3.75. The van der Waals surface area contributed by atoms with Crippen LogP contribution in [-0.4, -0.2) is 57.6 Å². The first-order valence-electron chi connectivity index (χ1n) is 9.03. The predicted molar refractivity (Wildman–Crippen MR) is 93.0 cm³/mol. The predicted octanol–water partition coefficient (Wildman–Crippen LogP) is 0.803. The number of nitrogens with zero attached hydrogens (tertiary/aromatic N) is 4. The smallest absolute Gasteiger partial charge is 0.267 e. The number of carbonyl (C=O) groups is 2. The quantitative estimate of drug-likeness (QED) is 0.811. The minimum atomic E-state index is -0.258. The van der Waals surface area contributed by atoms with Crippen LogP contribution in [0.5, 0.6) is 0 Å². The summed E-state index contributed by atoms with van der Waals surface area (Å²) in [6, 6.07) is 3.09. The van der Waals surface area contributed by atoms with Gasteiger partial charge in [-0.1, -0.05) is 0 Å². The van der Waals surface area contributed by atoms with Gasteiger partial charge in [-0.25, -0.2) is 4.68 Å². The van der Waals surface area contributed by atoms with E-state index >= 15 is 0 Å². The monoisotopic (exact) mass is 346 g/mol. The van der Waals surface area contributed by atoms with Gasteiger partial charge in [0.2, 0.25) is 11.8 Å². The minimum Gasteiger partial charge on any atom is -0.342 e. The minimum absolute atomic E-state index is 0.00280. The van der Waals surface area contributed by atoms with Crippen LogP contribution < -0.4 is 5.56 Å². The maximum absolute atomic E-state index is 12.7. The number of aryl methyl sites for hydroxylation is 1. The van der Waals surface area contributed by atoms with Gasteiger partial charge in [0.05, 0.1) is 5.69 Å². The van der Waals surface area contributed by atoms with Crippen LogP contribution in [0, 0.1) is 12.3 Å². The van der Waals surface area contributed by atoms with Crippen molar-refractivity contribution < 1.29 is 9.59 Å². The fourth-order valence-corrected chi connectivity index (χ4v) is 4.04. The lowest BCUT2D eigenvalue weighted by molar-refractivity contribution is -0.143. The van der Waals surface area contributed by atoms with Gasteiger partial charge in [-0.15, -0.1) is 0 Å². The topological polar surface area (TPSA) is 75.5 Å². The molecule has 0 bridgehead atoms. The summed E-state index contributed by atoms with van der Waals surface area (Å²) >= 11 is 0. The highest BCUT2D eigenvalue weighted by Crippen LogP contribution is 2.38. The molecule has 25 heavy (non-hydrogen) atoms. The number of carbonyl (C=O) groups excluding carboxylic acids is 2. The number of piperidine rings is 2. The van der Waals surface area contributed by atoms with Crippen molar-refractivity contribution in [3.05, 3.63) is 28.2 Å². The second kappa shape index (κ2) is 6.98. The molecule has 7 nitrogen and oxygen atoms in total. The van der Waals surface area contributed by atoms with Crippen LogP contribution >= 0.6 is 0 Å². The fourth-order valence-electron chi connectivity index (χ4n) is 4.04. The van der Waals surface area contributed by atoms with Gasteiger partial charge >= 0.3 is 0 Å². The second-order valence-electron chi connectivity index (χ2n) is 7.30. The average Bonchev–Trinajstić information content (AvgIpc) is 2.60. The summed E-state index contributed by atoms with van der Waals surface area (Å²) in [7, 11) is 0. The Morgan fingerprint density at radius 2 is 2.04 bits per heavy atom. The fraction of sp³-hybridized carbons (Fsp3) is 0.667. The van der Waals surface area contributed by atoms with E-state index in [-0.39, 0.29) is 29.3 Å². The van der Waals surface area contributed by atoms with E-state index in [1.165, 1.54) is 10.7 Å². The molecule has 2 saturated heterocycles. The lowest BCUT2D eigenvalue weighted by Gasteiger charge is -2.48. The molecule has 1 aromatic rings. The maximum atomic E-state index is 12.7. The van der Waals surface area contributed by atoms with Crippen LogP contribution in [0.1, 0.15) is 38.3 Å². The van der Waals surface area contributed by atoms with Gasteiger partial charge in [0.15, 0.2) is 0 Å². The number of hydrogen-bond donors (Lipinski definition) is 0. The third-order valence-electron chi connectivity index (χ3n) is 5.43. The van der Waals surface area contributed by atoms with E-state index < -0.39 is 0 Å². The van der Waals surface area contributed by atoms with Crippen molar-refractivity contribution in [1.82, 2.24) is 19.6 Å². The molecule has 0 saturated carbocycles. The molecular weight excluding hydrogens is 320 g/mol. The maximum Gasteiger partial charge on any atom is 0.267 e. The van der Waals surface area contributed by atoms with Crippen LogP contribution in [0.15, 0.2) is 16.9 Å². The molecule has 2 aliphatic rings. The summed E-state index contributed by atoms with van der Waals surface area (Å²) < 4.78 is 1.24. The van der Waals surface area contributed by atoms with Crippen LogP contribution in [0.2, 0.25) is 0 Å². The van der Waals surface area contributed by atoms with Gasteiger partial charge < -0.3 is 9.80 Å². The largest absolute Gasteiger partial charge is 0.342 e. The molecule has 1 aromatic heterocycles. The molecule has 0 radical (unpaired) electrons. The first-order valence-corrected chi connectivity index (χ1v) is 9.03. The summed E-state index contributed by atoms with van der Waals surface area (Å²) in [6.45, 7) is 6.60. The standard InChI is InChI=1S/C18H26N4O3/c1-3-20-12-18(9-7-15(20)23)8-4-10-21(13-18)17(25)11-22-16(24)6-5-14(2)19-22/h5-6H,3-4,7-13H2,1-2H3/t18-/m1/s1. The van der Waals surface area contributed by atoms with Crippen molar-refractivity contribution in [3.63, 3.8) is 0 Å². The van der Waals surface area contributed by atoms with Crippen molar-refractivity contribution in [2.24, 2.45) is 5.41 Å². The van der Waals surface area contributed by atoms with Gasteiger partial charge in [0, 0.05) is 44.1 Å². The zero-order chi connectivity index (χ0) is 18.0. The lowest BCUT2D eigenvalue weighted by atomic mass is 9.73. The van der Waals surface area contributed by atoms with E-state index in [1.807, 2.05) is 16.7 Å². The lowest BCUT2D eigenvalue weighted by Crippen LogP contribution is -2.55. The molecule has 1 atom stereocenters. The summed E-state index contributed by atoms with van der Waals surface area (Å²) in [4.78, 5) is 40.3. The first-order chi connectivity index (χ1) is 11.9. The molecule has 136 valence electrons. The summed E-state index contributed by atoms with van der Waals surface area (Å²) in [6.07, 6.45) is 3.39. The average molecular weight is 346 g/mol. The van der Waals surface area contributed by atoms with Crippen molar-refractivity contribution in [2.75, 3.05) is 26.2 Å². The van der Waals surface area contributed by atoms with Crippen LogP contribution in [0.4, 0.5) is 0 Å². The summed E-state index contributed by atoms with van der Waals surface area (Å²) in [5.74, 6) is 0.145. The molecule has 0 unspecified atom stereocenters. The van der Waals surface area contributed by atoms with Crippen molar-refractivity contribution >= 4 is 11.8 Å². The Labute approximate surface area is 147 Å². The summed E-state index contributed by atoms with van der Waals surface area (Å²) in [5, 5.41) is 4.15. The third-order valence-corrected chi connectivity index (χ3v) is 5.43. The highest BCUT2D eigenvalue weighted by molar-refractivity contribution is 5.78. The van der Waals surface area contributed by atoms with Gasteiger partial charge in [-0.3, -0.25) is 14.4 Å². The van der Waals surface area contributed by atoms with Crippen LogP contribution in [0.25, 0.3) is 0 Å². The van der Waals surface area contributed by atoms with Gasteiger partial charge in [0.1, 0.15) is 6.54 Å². The molecule has 7 heteroatoms. The van der Waals surface area contributed by atoms with Gasteiger partial charge in [0.25, 0.3) is 5.56 Å². The number of likely N-dealkylation sites (tertiary alicyclic amines) is 2. The highest BCUT2D eigenvalue weighted by atomic mass is 16.2. The first kappa shape index (κ1) is 17.6. The van der Waals surface area contributed by atoms with Crippen LogP contribution in [0.3, 0.4) is 0 Å². The normalized spacial score (nSPS) is 24.0. The number of hydrogen-bond acceptors (Lipinski definition) is 4. The van der Waals surface area contributed by atoms with Crippen LogP contribution in [-0.2, 0) is 16.1 Å². The molecular formula is C18H26N4O3. The number of amides is 2. The Morgan fingerprint density at radius 1 is 1.24 bits per heavy atom. The van der Waals surface area contributed by atoms with Gasteiger partial charge in [-0.05, 0) is 39.2 Å². The van der Waals surface area contributed by atoms with E-state index in [9.17, 15) is 14.4 Å². The second-order valence-corrected chi connectivity index (χ2v) is 7.30. The Hall–Kier alpha value is -2.18. The van der Waals surface area contributed by atoms with E-state index in [2.05, 4.69) is 5.10 Å². The zero-order valence-electron chi connectivity index (χ0n) is 15.0. The molecule has 0 aliphatic carbocycles. The van der Waals surface area contributed by atoms with E-state index in [0.29, 0.717) is 25.2 Å². The Kier molecular flexibility index (Phi) is 4.92. The summed E-state index contributed by atoms with van der Waals surface area (Å²) in [5.41, 5.74) is 0.459. The molecule has 3 rings (SSSR count). The molecule has 1 spiro atoms. The molecule has 2 fully saturated rings. The Morgan fingerprint density at radius 3 is 2.80 bits per heavy atom. The van der Waals surface area contributed by atoms with E-state index in [1.54, 1.807) is 13.0 Å². The molecule has 3 heterocycles. The van der Waals surface area contributed by atoms with Gasteiger partial charge in [-0.2, -0.15) is 5.10 Å². The van der Waals surface area contributed by atoms with Crippen molar-refractivity contribution in [3.8, 4) is 0 Å². The van der Waals surface area contributed by atoms with E-state index in [4.69, 9.17) is 0 Å². The molecule has 2 amide bonds. The Balaban J connectivity index is 1.70. The number of aromatic nitrogens is 2. The van der Waals surface area contributed by atoms with Crippen molar-refractivity contribution in [1.29, 1.82) is 0 Å². The molecule has 0 N–H and O–H groups in total. The van der Waals surface area contributed by atoms with Crippen molar-refractivity contribution in [2.45, 2.75) is 46.1 Å². The number of rotatable bonds is 3.